The second-order valence-corrected chi connectivity index (χ2v) is 6.68. The molecule has 0 aromatic carbocycles. The Hall–Kier alpha value is -0.160. The maximum atomic E-state index is 5.91. The first-order valence-corrected chi connectivity index (χ1v) is 7.16. The zero-order valence-corrected chi connectivity index (χ0v) is 11.9. The lowest BCUT2D eigenvalue weighted by molar-refractivity contribution is 0.220. The van der Waals surface area contributed by atoms with Crippen LogP contribution in [0.5, 0.6) is 0 Å². The van der Waals surface area contributed by atoms with Crippen LogP contribution in [0, 0.1) is 0 Å². The van der Waals surface area contributed by atoms with E-state index in [1.807, 2.05) is 0 Å². The molecule has 0 spiro atoms. The molecule has 1 aliphatic rings. The Labute approximate surface area is 109 Å². The third-order valence-electron chi connectivity index (χ3n) is 3.05. The summed E-state index contributed by atoms with van der Waals surface area (Å²) in [6.07, 6.45) is 3.48. The second kappa shape index (κ2) is 5.45. The molecule has 0 bridgehead atoms. The normalized spacial score (nSPS) is 19.6. The second-order valence-electron chi connectivity index (χ2n) is 4.19. The molecule has 0 radical (unpaired) electrons. The molecule has 4 heteroatoms. The van der Waals surface area contributed by atoms with E-state index in [2.05, 4.69) is 46.0 Å². The highest BCUT2D eigenvalue weighted by atomic mass is 79.9. The van der Waals surface area contributed by atoms with E-state index < -0.39 is 0 Å². The molecule has 2 nitrogen and oxygen atoms in total. The number of thiophene rings is 1. The predicted octanol–water partition coefficient (Wildman–Crippen LogP) is 3.16. The first-order chi connectivity index (χ1) is 7.70. The van der Waals surface area contributed by atoms with Crippen LogP contribution in [0.4, 0.5) is 0 Å². The van der Waals surface area contributed by atoms with E-state index in [4.69, 9.17) is 5.73 Å². The van der Waals surface area contributed by atoms with Gasteiger partial charge < -0.3 is 5.73 Å². The molecule has 0 saturated carbocycles. The van der Waals surface area contributed by atoms with E-state index in [0.29, 0.717) is 12.6 Å². The van der Waals surface area contributed by atoms with Gasteiger partial charge in [0.05, 0.1) is 9.83 Å². The Kier molecular flexibility index (Phi) is 4.19. The van der Waals surface area contributed by atoms with Gasteiger partial charge in [0.1, 0.15) is 0 Å². The molecule has 1 atom stereocenters. The van der Waals surface area contributed by atoms with Gasteiger partial charge in [0.2, 0.25) is 0 Å². The first-order valence-electron chi connectivity index (χ1n) is 5.55. The van der Waals surface area contributed by atoms with Crippen LogP contribution in [0.2, 0.25) is 0 Å². The van der Waals surface area contributed by atoms with Crippen LogP contribution in [-0.4, -0.2) is 24.5 Å². The summed E-state index contributed by atoms with van der Waals surface area (Å²) >= 11 is 5.30. The van der Waals surface area contributed by atoms with Gasteiger partial charge in [-0.25, -0.2) is 0 Å². The zero-order chi connectivity index (χ0) is 11.5. The van der Waals surface area contributed by atoms with E-state index in [1.54, 1.807) is 11.3 Å². The number of rotatable bonds is 3. The van der Waals surface area contributed by atoms with Crippen molar-refractivity contribution in [3.63, 3.8) is 0 Å². The summed E-state index contributed by atoms with van der Waals surface area (Å²) in [5, 5.41) is 0. The van der Waals surface area contributed by atoms with E-state index in [-0.39, 0.29) is 0 Å². The highest BCUT2D eigenvalue weighted by Crippen LogP contribution is 2.31. The average Bonchev–Trinajstić information content (AvgIpc) is 2.69. The largest absolute Gasteiger partial charge is 0.329 e. The van der Waals surface area contributed by atoms with Gasteiger partial charge in [0.25, 0.3) is 0 Å². The standard InChI is InChI=1S/C12H17BrN2S/c1-9-4-6-15(7-5-9)10(8-14)11-2-3-12(13)16-11/h2-4,10H,5-8,14H2,1H3. The van der Waals surface area contributed by atoms with E-state index in [1.165, 1.54) is 20.7 Å². The Morgan fingerprint density at radius 2 is 2.38 bits per heavy atom. The monoisotopic (exact) mass is 300 g/mol. The summed E-state index contributed by atoms with van der Waals surface area (Å²) in [6.45, 7) is 5.05. The molecule has 1 aliphatic heterocycles. The van der Waals surface area contributed by atoms with Crippen molar-refractivity contribution >= 4 is 27.3 Å². The zero-order valence-electron chi connectivity index (χ0n) is 9.45. The summed E-state index contributed by atoms with van der Waals surface area (Å²) in [6, 6.07) is 4.66. The molecule has 16 heavy (non-hydrogen) atoms. The Balaban J connectivity index is 2.11. The minimum atomic E-state index is 0.376. The molecule has 1 aromatic heterocycles. The van der Waals surface area contributed by atoms with Crippen molar-refractivity contribution in [2.45, 2.75) is 19.4 Å². The van der Waals surface area contributed by atoms with Crippen molar-refractivity contribution in [2.75, 3.05) is 19.6 Å². The van der Waals surface area contributed by atoms with Crippen LogP contribution in [0.15, 0.2) is 27.6 Å². The molecular weight excluding hydrogens is 284 g/mol. The minimum absolute atomic E-state index is 0.376. The van der Waals surface area contributed by atoms with Crippen molar-refractivity contribution in [1.29, 1.82) is 0 Å². The third kappa shape index (κ3) is 2.74. The Bertz CT molecular complexity index is 386. The van der Waals surface area contributed by atoms with Crippen LogP contribution in [-0.2, 0) is 0 Å². The molecule has 0 amide bonds. The quantitative estimate of drug-likeness (QED) is 0.869. The average molecular weight is 301 g/mol. The number of hydrogen-bond donors (Lipinski definition) is 1. The lowest BCUT2D eigenvalue weighted by atomic mass is 10.1. The Morgan fingerprint density at radius 3 is 2.88 bits per heavy atom. The summed E-state index contributed by atoms with van der Waals surface area (Å²) in [5.74, 6) is 0. The molecule has 1 unspecified atom stereocenters. The highest BCUT2D eigenvalue weighted by molar-refractivity contribution is 9.11. The van der Waals surface area contributed by atoms with Crippen molar-refractivity contribution in [3.05, 3.63) is 32.4 Å². The molecule has 0 fully saturated rings. The maximum Gasteiger partial charge on any atom is 0.0702 e. The van der Waals surface area contributed by atoms with Crippen molar-refractivity contribution in [1.82, 2.24) is 4.90 Å². The smallest absolute Gasteiger partial charge is 0.0702 e. The third-order valence-corrected chi connectivity index (χ3v) is 4.78. The van der Waals surface area contributed by atoms with Gasteiger partial charge in [-0.3, -0.25) is 4.90 Å². The first kappa shape index (κ1) is 12.3. The lowest BCUT2D eigenvalue weighted by Gasteiger charge is -2.32. The van der Waals surface area contributed by atoms with Crippen molar-refractivity contribution in [2.24, 2.45) is 5.73 Å². The van der Waals surface area contributed by atoms with Crippen LogP contribution in [0.3, 0.4) is 0 Å². The molecule has 0 aliphatic carbocycles. The topological polar surface area (TPSA) is 29.3 Å². The van der Waals surface area contributed by atoms with Crippen LogP contribution in [0.1, 0.15) is 24.3 Å². The SMILES string of the molecule is CC1=CCN(C(CN)c2ccc(Br)s2)CC1. The van der Waals surface area contributed by atoms with Gasteiger partial charge in [0.15, 0.2) is 0 Å². The van der Waals surface area contributed by atoms with E-state index in [0.717, 1.165) is 13.1 Å². The Morgan fingerprint density at radius 1 is 1.56 bits per heavy atom. The molecule has 1 aromatic rings. The van der Waals surface area contributed by atoms with Gasteiger partial charge in [-0.15, -0.1) is 11.3 Å². The fraction of sp³-hybridized carbons (Fsp3) is 0.500. The molecule has 2 rings (SSSR count). The van der Waals surface area contributed by atoms with Crippen LogP contribution >= 0.6 is 27.3 Å². The van der Waals surface area contributed by atoms with Gasteiger partial charge in [-0.2, -0.15) is 0 Å². The van der Waals surface area contributed by atoms with Gasteiger partial charge in [-0.1, -0.05) is 11.6 Å². The van der Waals surface area contributed by atoms with Crippen molar-refractivity contribution in [3.8, 4) is 0 Å². The van der Waals surface area contributed by atoms with Crippen LogP contribution in [0.25, 0.3) is 0 Å². The molecule has 88 valence electrons. The molecule has 0 saturated heterocycles. The van der Waals surface area contributed by atoms with Gasteiger partial charge in [-0.05, 0) is 41.4 Å². The summed E-state index contributed by atoms with van der Waals surface area (Å²) in [5.41, 5.74) is 7.41. The fourth-order valence-corrected chi connectivity index (χ4v) is 3.59. The van der Waals surface area contributed by atoms with Gasteiger partial charge in [0, 0.05) is 24.5 Å². The fourth-order valence-electron chi connectivity index (χ4n) is 2.02. The van der Waals surface area contributed by atoms with Gasteiger partial charge >= 0.3 is 0 Å². The van der Waals surface area contributed by atoms with E-state index >= 15 is 0 Å². The van der Waals surface area contributed by atoms with E-state index in [9.17, 15) is 0 Å². The molecule has 2 heterocycles. The minimum Gasteiger partial charge on any atom is -0.329 e. The summed E-state index contributed by atoms with van der Waals surface area (Å²) in [4.78, 5) is 3.83. The van der Waals surface area contributed by atoms with Crippen LogP contribution < -0.4 is 5.73 Å². The number of nitrogens with zero attached hydrogens (tertiary/aromatic N) is 1. The highest BCUT2D eigenvalue weighted by Gasteiger charge is 2.21. The summed E-state index contributed by atoms with van der Waals surface area (Å²) in [7, 11) is 0. The number of halogens is 1. The molecular formula is C12H17BrN2S. The van der Waals surface area contributed by atoms with Crippen molar-refractivity contribution < 1.29 is 0 Å². The molecule has 2 N–H and O–H groups in total. The lowest BCUT2D eigenvalue weighted by Crippen LogP contribution is -2.36. The summed E-state index contributed by atoms with van der Waals surface area (Å²) < 4.78 is 1.18. The number of nitrogens with two attached hydrogens (primary N) is 1. The predicted molar refractivity (Wildman–Crippen MR) is 73.8 cm³/mol. The maximum absolute atomic E-state index is 5.91. The number of hydrogen-bond acceptors (Lipinski definition) is 3.